The molecule has 8 nitrogen and oxygen atoms in total. The van der Waals surface area contributed by atoms with Crippen LogP contribution in [0.4, 0.5) is 0 Å². The Morgan fingerprint density at radius 1 is 0.969 bits per heavy atom. The lowest BCUT2D eigenvalue weighted by atomic mass is 10.1. The molecule has 8 heteroatoms. The fourth-order valence-electron chi connectivity index (χ4n) is 4.00. The molecular weight excluding hydrogens is 406 g/mol. The third kappa shape index (κ3) is 3.97. The van der Waals surface area contributed by atoms with Crippen LogP contribution in [-0.4, -0.2) is 56.7 Å². The molecule has 1 saturated heterocycles. The molecule has 0 aliphatic carbocycles. The summed E-state index contributed by atoms with van der Waals surface area (Å²) in [5, 5.41) is 5.42. The van der Waals surface area contributed by atoms with Gasteiger partial charge in [-0.1, -0.05) is 42.5 Å². The van der Waals surface area contributed by atoms with E-state index < -0.39 is 0 Å². The third-order valence-electron chi connectivity index (χ3n) is 5.65. The van der Waals surface area contributed by atoms with Gasteiger partial charge in [-0.3, -0.25) is 9.59 Å². The van der Waals surface area contributed by atoms with E-state index >= 15 is 0 Å². The Hall–Kier alpha value is -3.65. The molecule has 2 aromatic heterocycles. The van der Waals surface area contributed by atoms with Crippen LogP contribution in [0.3, 0.4) is 0 Å². The summed E-state index contributed by atoms with van der Waals surface area (Å²) in [7, 11) is 0. The van der Waals surface area contributed by atoms with E-state index in [0.717, 1.165) is 10.9 Å². The fourth-order valence-corrected chi connectivity index (χ4v) is 4.00. The van der Waals surface area contributed by atoms with Crippen molar-refractivity contribution in [2.24, 2.45) is 0 Å². The predicted octanol–water partition coefficient (Wildman–Crippen LogP) is 2.49. The van der Waals surface area contributed by atoms with Gasteiger partial charge in [0.25, 0.3) is 5.56 Å². The maximum atomic E-state index is 12.8. The molecule has 0 radical (unpaired) electrons. The largest absolute Gasteiger partial charge is 0.378 e. The molecule has 1 aliphatic heterocycles. The number of morpholine rings is 1. The Morgan fingerprint density at radius 2 is 1.72 bits per heavy atom. The number of fused-ring (bicyclic) bond motifs is 3. The van der Waals surface area contributed by atoms with Crippen molar-refractivity contribution in [3.8, 4) is 11.3 Å². The van der Waals surface area contributed by atoms with Crippen molar-refractivity contribution in [1.29, 1.82) is 0 Å². The minimum atomic E-state index is -0.374. The number of rotatable bonds is 5. The van der Waals surface area contributed by atoms with Gasteiger partial charge in [0, 0.05) is 36.9 Å². The zero-order valence-electron chi connectivity index (χ0n) is 17.6. The van der Waals surface area contributed by atoms with Crippen LogP contribution < -0.4 is 5.56 Å². The van der Waals surface area contributed by atoms with E-state index in [1.54, 1.807) is 4.52 Å². The van der Waals surface area contributed by atoms with E-state index in [-0.39, 0.29) is 17.2 Å². The van der Waals surface area contributed by atoms with Gasteiger partial charge in [0.1, 0.15) is 5.82 Å². The summed E-state index contributed by atoms with van der Waals surface area (Å²) in [4.78, 5) is 36.3. The minimum Gasteiger partial charge on any atom is -0.378 e. The van der Waals surface area contributed by atoms with Gasteiger partial charge in [0.15, 0.2) is 11.3 Å². The molecule has 5 rings (SSSR count). The number of aromatic nitrogens is 4. The summed E-state index contributed by atoms with van der Waals surface area (Å²) in [5.74, 6) is 0.805. The van der Waals surface area contributed by atoms with Crippen molar-refractivity contribution in [3.05, 3.63) is 70.8 Å². The normalized spacial score (nSPS) is 14.2. The smallest absolute Gasteiger partial charge is 0.300 e. The molecule has 1 aliphatic rings. The Morgan fingerprint density at radius 3 is 2.53 bits per heavy atom. The summed E-state index contributed by atoms with van der Waals surface area (Å²) in [5.41, 5.74) is 1.85. The van der Waals surface area contributed by atoms with Crippen LogP contribution in [0.1, 0.15) is 18.7 Å². The van der Waals surface area contributed by atoms with E-state index in [2.05, 4.69) is 10.1 Å². The van der Waals surface area contributed by atoms with Crippen molar-refractivity contribution in [2.45, 2.75) is 19.3 Å². The maximum absolute atomic E-state index is 12.8. The third-order valence-corrected chi connectivity index (χ3v) is 5.65. The van der Waals surface area contributed by atoms with Crippen LogP contribution in [0, 0.1) is 0 Å². The highest BCUT2D eigenvalue weighted by Crippen LogP contribution is 2.20. The Labute approximate surface area is 184 Å². The highest BCUT2D eigenvalue weighted by Gasteiger charge is 2.18. The first-order chi connectivity index (χ1) is 15.7. The molecule has 4 aromatic rings. The van der Waals surface area contributed by atoms with Gasteiger partial charge in [-0.15, -0.1) is 0 Å². The number of ether oxygens (including phenoxy) is 1. The van der Waals surface area contributed by atoms with Crippen LogP contribution in [0.25, 0.3) is 27.8 Å². The summed E-state index contributed by atoms with van der Waals surface area (Å²) in [6.07, 6.45) is 1.60. The van der Waals surface area contributed by atoms with Gasteiger partial charge in [0.05, 0.1) is 18.7 Å². The van der Waals surface area contributed by atoms with E-state index in [0.29, 0.717) is 62.6 Å². The average Bonchev–Trinajstić information content (AvgIpc) is 2.84. The molecule has 0 atom stereocenters. The number of carbonyl (C=O) groups is 1. The lowest BCUT2D eigenvalue weighted by Crippen LogP contribution is -2.40. The molecule has 32 heavy (non-hydrogen) atoms. The van der Waals surface area contributed by atoms with Crippen LogP contribution in [0.2, 0.25) is 0 Å². The predicted molar refractivity (Wildman–Crippen MR) is 120 cm³/mol. The van der Waals surface area contributed by atoms with Crippen molar-refractivity contribution >= 4 is 22.5 Å². The first kappa shape index (κ1) is 20.3. The average molecular weight is 429 g/mol. The van der Waals surface area contributed by atoms with Gasteiger partial charge in [0.2, 0.25) is 5.91 Å². The molecule has 0 N–H and O–H groups in total. The maximum Gasteiger partial charge on any atom is 0.300 e. The van der Waals surface area contributed by atoms with Crippen LogP contribution in [-0.2, 0) is 16.0 Å². The van der Waals surface area contributed by atoms with E-state index in [1.165, 1.54) is 0 Å². The highest BCUT2D eigenvalue weighted by atomic mass is 16.5. The molecule has 0 bridgehead atoms. The number of para-hydroxylation sites is 1. The van der Waals surface area contributed by atoms with Gasteiger partial charge in [-0.05, 0) is 18.6 Å². The first-order valence-corrected chi connectivity index (χ1v) is 10.8. The van der Waals surface area contributed by atoms with Crippen LogP contribution in [0.5, 0.6) is 0 Å². The Kier molecular flexibility index (Phi) is 5.60. The van der Waals surface area contributed by atoms with Crippen molar-refractivity contribution in [2.75, 3.05) is 26.3 Å². The monoisotopic (exact) mass is 429 g/mol. The zero-order valence-corrected chi connectivity index (χ0v) is 17.6. The van der Waals surface area contributed by atoms with Gasteiger partial charge in [-0.25, -0.2) is 4.98 Å². The number of nitrogens with zero attached hydrogens (tertiary/aromatic N) is 5. The number of hydrogen-bond donors (Lipinski definition) is 0. The van der Waals surface area contributed by atoms with E-state index in [9.17, 15) is 9.59 Å². The summed E-state index contributed by atoms with van der Waals surface area (Å²) in [6.45, 7) is 2.47. The lowest BCUT2D eigenvalue weighted by Gasteiger charge is -2.26. The second-order valence-corrected chi connectivity index (χ2v) is 7.76. The van der Waals surface area contributed by atoms with Gasteiger partial charge in [-0.2, -0.15) is 14.6 Å². The quantitative estimate of drug-likeness (QED) is 0.453. The highest BCUT2D eigenvalue weighted by molar-refractivity contribution is 5.91. The lowest BCUT2D eigenvalue weighted by molar-refractivity contribution is -0.135. The molecule has 1 fully saturated rings. The first-order valence-electron chi connectivity index (χ1n) is 10.8. The number of hydrogen-bond acceptors (Lipinski definition) is 6. The number of amides is 1. The Balaban J connectivity index is 1.51. The number of aryl methyl sites for hydroxylation is 1. The number of carbonyl (C=O) groups excluding carboxylic acids is 1. The SMILES string of the molecule is O=C(CCCc1nc2ccccc2c2nc(=O)c(-c3ccccc3)nn12)N1CCOCC1. The van der Waals surface area contributed by atoms with Crippen molar-refractivity contribution < 1.29 is 9.53 Å². The fraction of sp³-hybridized carbons (Fsp3) is 0.292. The van der Waals surface area contributed by atoms with Crippen LogP contribution >= 0.6 is 0 Å². The zero-order chi connectivity index (χ0) is 21.9. The molecular formula is C24H23N5O3. The van der Waals surface area contributed by atoms with Gasteiger partial charge >= 0.3 is 0 Å². The number of benzene rings is 2. The molecule has 0 saturated carbocycles. The molecule has 0 spiro atoms. The summed E-state index contributed by atoms with van der Waals surface area (Å²) < 4.78 is 6.98. The van der Waals surface area contributed by atoms with E-state index in [4.69, 9.17) is 9.72 Å². The minimum absolute atomic E-state index is 0.126. The van der Waals surface area contributed by atoms with Crippen LogP contribution in [0.15, 0.2) is 59.4 Å². The second-order valence-electron chi connectivity index (χ2n) is 7.76. The van der Waals surface area contributed by atoms with E-state index in [1.807, 2.05) is 59.5 Å². The Bertz CT molecular complexity index is 1330. The molecule has 3 heterocycles. The second kappa shape index (κ2) is 8.84. The summed E-state index contributed by atoms with van der Waals surface area (Å²) >= 11 is 0. The molecule has 2 aromatic carbocycles. The molecule has 1 amide bonds. The molecule has 162 valence electrons. The topological polar surface area (TPSA) is 89.7 Å². The standard InChI is InChI=1S/C24H23N5O3/c30-21(28-13-15-32-16-14-28)12-6-11-20-25-19-10-5-4-9-18(19)23-26-24(31)22(27-29(20)23)17-7-2-1-3-8-17/h1-5,7-10H,6,11-16H2. The van der Waals surface area contributed by atoms with Crippen molar-refractivity contribution in [3.63, 3.8) is 0 Å². The summed E-state index contributed by atoms with van der Waals surface area (Å²) in [6, 6.07) is 16.9. The van der Waals surface area contributed by atoms with Crippen molar-refractivity contribution in [1.82, 2.24) is 24.5 Å². The molecule has 0 unspecified atom stereocenters. The van der Waals surface area contributed by atoms with Gasteiger partial charge < -0.3 is 9.64 Å².